The van der Waals surface area contributed by atoms with Crippen LogP contribution in [0.15, 0.2) is 30.3 Å². The summed E-state index contributed by atoms with van der Waals surface area (Å²) in [6.45, 7) is 6.69. The summed E-state index contributed by atoms with van der Waals surface area (Å²) in [5.41, 5.74) is 1.96. The van der Waals surface area contributed by atoms with E-state index in [-0.39, 0.29) is 17.9 Å². The number of amides is 1. The summed E-state index contributed by atoms with van der Waals surface area (Å²) in [4.78, 5) is 39.4. The van der Waals surface area contributed by atoms with Crippen molar-refractivity contribution in [3.05, 3.63) is 52.8 Å². The zero-order chi connectivity index (χ0) is 19.3. The molecule has 0 saturated heterocycles. The van der Waals surface area contributed by atoms with Crippen LogP contribution in [-0.2, 0) is 14.3 Å². The fraction of sp³-hybridized carbons (Fsp3) is 0.316. The third kappa shape index (κ3) is 4.30. The molecular formula is C19H22N2O5. The summed E-state index contributed by atoms with van der Waals surface area (Å²) >= 11 is 0. The summed E-state index contributed by atoms with van der Waals surface area (Å²) < 4.78 is 10.2. The number of carbonyl (C=O) groups excluding carboxylic acids is 3. The average molecular weight is 358 g/mol. The lowest BCUT2D eigenvalue weighted by Crippen LogP contribution is -2.30. The van der Waals surface area contributed by atoms with Crippen LogP contribution in [0.4, 0.5) is 5.69 Å². The standard InChI is InChI=1S/C19H22N2O5/c1-5-25-19(24)16-11(2)15(12(3)20-16)18(23)26-13(4)17(22)21-14-9-7-6-8-10-14/h6-10,13,20H,5H2,1-4H3,(H,21,22)/t13-/m0/s1. The monoisotopic (exact) mass is 358 g/mol. The summed E-state index contributed by atoms with van der Waals surface area (Å²) in [5.74, 6) is -1.66. The number of aromatic amines is 1. The van der Waals surface area contributed by atoms with Gasteiger partial charge in [0, 0.05) is 11.4 Å². The lowest BCUT2D eigenvalue weighted by molar-refractivity contribution is -0.123. The number of anilines is 1. The topological polar surface area (TPSA) is 97.5 Å². The highest BCUT2D eigenvalue weighted by Crippen LogP contribution is 2.20. The number of H-pyrrole nitrogens is 1. The van der Waals surface area contributed by atoms with Crippen LogP contribution in [-0.4, -0.2) is 35.5 Å². The Balaban J connectivity index is 2.09. The van der Waals surface area contributed by atoms with Crippen LogP contribution in [0.5, 0.6) is 0 Å². The molecule has 1 aromatic heterocycles. The first kappa shape index (κ1) is 19.2. The Bertz CT molecular complexity index is 811. The third-order valence-corrected chi connectivity index (χ3v) is 3.82. The van der Waals surface area contributed by atoms with Gasteiger partial charge in [0.1, 0.15) is 5.69 Å². The van der Waals surface area contributed by atoms with Gasteiger partial charge in [0.05, 0.1) is 12.2 Å². The van der Waals surface area contributed by atoms with E-state index < -0.39 is 23.9 Å². The minimum atomic E-state index is -0.998. The first-order valence-corrected chi connectivity index (χ1v) is 8.28. The van der Waals surface area contributed by atoms with E-state index in [9.17, 15) is 14.4 Å². The van der Waals surface area contributed by atoms with Gasteiger partial charge in [0.2, 0.25) is 0 Å². The fourth-order valence-corrected chi connectivity index (χ4v) is 2.50. The number of esters is 2. The van der Waals surface area contributed by atoms with Crippen molar-refractivity contribution in [1.29, 1.82) is 0 Å². The number of hydrogen-bond donors (Lipinski definition) is 2. The Morgan fingerprint density at radius 3 is 2.38 bits per heavy atom. The van der Waals surface area contributed by atoms with Crippen molar-refractivity contribution in [2.75, 3.05) is 11.9 Å². The molecule has 0 spiro atoms. The Morgan fingerprint density at radius 2 is 1.77 bits per heavy atom. The van der Waals surface area contributed by atoms with E-state index in [1.165, 1.54) is 6.92 Å². The van der Waals surface area contributed by atoms with Gasteiger partial charge in [-0.05, 0) is 45.4 Å². The molecule has 0 unspecified atom stereocenters. The summed E-state index contributed by atoms with van der Waals surface area (Å²) in [7, 11) is 0. The van der Waals surface area contributed by atoms with E-state index in [0.29, 0.717) is 16.9 Å². The molecule has 2 N–H and O–H groups in total. The predicted molar refractivity (Wildman–Crippen MR) is 96.2 cm³/mol. The normalized spacial score (nSPS) is 11.5. The molecule has 26 heavy (non-hydrogen) atoms. The first-order chi connectivity index (χ1) is 12.3. The molecule has 1 atom stereocenters. The number of para-hydroxylation sites is 1. The highest BCUT2D eigenvalue weighted by molar-refractivity contribution is 6.01. The lowest BCUT2D eigenvalue weighted by Gasteiger charge is -2.14. The average Bonchev–Trinajstić information content (AvgIpc) is 2.90. The number of carbonyl (C=O) groups is 3. The number of nitrogens with one attached hydrogen (secondary N) is 2. The fourth-order valence-electron chi connectivity index (χ4n) is 2.50. The van der Waals surface area contributed by atoms with Gasteiger partial charge in [-0.1, -0.05) is 18.2 Å². The van der Waals surface area contributed by atoms with Gasteiger partial charge in [0.15, 0.2) is 6.10 Å². The molecule has 0 bridgehead atoms. The summed E-state index contributed by atoms with van der Waals surface area (Å²) in [5, 5.41) is 2.67. The summed E-state index contributed by atoms with van der Waals surface area (Å²) in [6.07, 6.45) is -0.998. The molecule has 2 aromatic rings. The van der Waals surface area contributed by atoms with E-state index in [4.69, 9.17) is 9.47 Å². The molecule has 1 amide bonds. The third-order valence-electron chi connectivity index (χ3n) is 3.82. The smallest absolute Gasteiger partial charge is 0.355 e. The molecule has 1 heterocycles. The number of rotatable bonds is 6. The zero-order valence-corrected chi connectivity index (χ0v) is 15.2. The van der Waals surface area contributed by atoms with Crippen molar-refractivity contribution in [2.24, 2.45) is 0 Å². The van der Waals surface area contributed by atoms with Crippen molar-refractivity contribution in [2.45, 2.75) is 33.8 Å². The second kappa shape index (κ2) is 8.33. The minimum absolute atomic E-state index is 0.206. The Labute approximate surface area is 151 Å². The van der Waals surface area contributed by atoms with Crippen LogP contribution >= 0.6 is 0 Å². The van der Waals surface area contributed by atoms with Crippen molar-refractivity contribution in [3.63, 3.8) is 0 Å². The zero-order valence-electron chi connectivity index (χ0n) is 15.2. The second-order valence-electron chi connectivity index (χ2n) is 5.75. The van der Waals surface area contributed by atoms with Crippen LogP contribution < -0.4 is 5.32 Å². The minimum Gasteiger partial charge on any atom is -0.461 e. The largest absolute Gasteiger partial charge is 0.461 e. The summed E-state index contributed by atoms with van der Waals surface area (Å²) in [6, 6.07) is 8.88. The van der Waals surface area contributed by atoms with Gasteiger partial charge in [0.25, 0.3) is 5.91 Å². The SMILES string of the molecule is CCOC(=O)c1[nH]c(C)c(C(=O)O[C@@H](C)C(=O)Nc2ccccc2)c1C. The number of hydrogen-bond acceptors (Lipinski definition) is 5. The Kier molecular flexibility index (Phi) is 6.16. The second-order valence-corrected chi connectivity index (χ2v) is 5.75. The maximum absolute atomic E-state index is 12.5. The molecule has 0 fully saturated rings. The van der Waals surface area contributed by atoms with Crippen LogP contribution in [0.25, 0.3) is 0 Å². The number of benzene rings is 1. The van der Waals surface area contributed by atoms with Crippen LogP contribution in [0.3, 0.4) is 0 Å². The Morgan fingerprint density at radius 1 is 1.12 bits per heavy atom. The maximum Gasteiger partial charge on any atom is 0.355 e. The molecule has 1 aromatic carbocycles. The van der Waals surface area contributed by atoms with Gasteiger partial charge in [-0.3, -0.25) is 4.79 Å². The van der Waals surface area contributed by atoms with E-state index in [0.717, 1.165) is 0 Å². The van der Waals surface area contributed by atoms with Gasteiger partial charge < -0.3 is 19.8 Å². The Hall–Kier alpha value is -3.09. The van der Waals surface area contributed by atoms with E-state index >= 15 is 0 Å². The highest BCUT2D eigenvalue weighted by atomic mass is 16.5. The molecule has 2 rings (SSSR count). The van der Waals surface area contributed by atoms with Gasteiger partial charge in [-0.2, -0.15) is 0 Å². The van der Waals surface area contributed by atoms with Gasteiger partial charge in [-0.15, -0.1) is 0 Å². The van der Waals surface area contributed by atoms with Crippen molar-refractivity contribution in [3.8, 4) is 0 Å². The van der Waals surface area contributed by atoms with Crippen molar-refractivity contribution in [1.82, 2.24) is 4.98 Å². The van der Waals surface area contributed by atoms with Crippen molar-refractivity contribution < 1.29 is 23.9 Å². The highest BCUT2D eigenvalue weighted by Gasteiger charge is 2.26. The molecule has 7 heteroatoms. The lowest BCUT2D eigenvalue weighted by atomic mass is 10.1. The molecule has 0 radical (unpaired) electrons. The molecule has 0 aliphatic carbocycles. The first-order valence-electron chi connectivity index (χ1n) is 8.28. The molecular weight excluding hydrogens is 336 g/mol. The molecule has 138 valence electrons. The molecule has 0 aliphatic heterocycles. The number of ether oxygens (including phenoxy) is 2. The number of aryl methyl sites for hydroxylation is 1. The van der Waals surface area contributed by atoms with E-state index in [1.807, 2.05) is 6.07 Å². The molecule has 0 saturated carbocycles. The van der Waals surface area contributed by atoms with Crippen molar-refractivity contribution >= 4 is 23.5 Å². The van der Waals surface area contributed by atoms with Crippen LogP contribution in [0, 0.1) is 13.8 Å². The molecule has 0 aliphatic rings. The van der Waals surface area contributed by atoms with Gasteiger partial charge in [-0.25, -0.2) is 9.59 Å². The van der Waals surface area contributed by atoms with E-state index in [1.54, 1.807) is 45.0 Å². The quantitative estimate of drug-likeness (QED) is 0.774. The number of aromatic nitrogens is 1. The van der Waals surface area contributed by atoms with Crippen LogP contribution in [0.1, 0.15) is 46.0 Å². The van der Waals surface area contributed by atoms with Gasteiger partial charge >= 0.3 is 11.9 Å². The predicted octanol–water partition coefficient (Wildman–Crippen LogP) is 2.99. The molecule has 7 nitrogen and oxygen atoms in total. The maximum atomic E-state index is 12.5. The van der Waals surface area contributed by atoms with Crippen LogP contribution in [0.2, 0.25) is 0 Å². The van der Waals surface area contributed by atoms with E-state index in [2.05, 4.69) is 10.3 Å².